The molecule has 6 aromatic carbocycles. The molecule has 15 rings (SSSR count). The average molecular weight is 1630 g/mol. The summed E-state index contributed by atoms with van der Waals surface area (Å²) in [6, 6.07) is 16.3. The Hall–Kier alpha value is -10.5. The molecule has 3 aromatic heterocycles. The van der Waals surface area contributed by atoms with E-state index in [1.165, 1.54) is 72.8 Å². The summed E-state index contributed by atoms with van der Waals surface area (Å²) in [6.45, 7) is 24.7. The molecule has 0 bridgehead atoms. The quantitative estimate of drug-likeness (QED) is 0.0640. The van der Waals surface area contributed by atoms with Crippen LogP contribution in [-0.4, -0.2) is 269 Å². The molecule has 0 aliphatic carbocycles. The second kappa shape index (κ2) is 33.1. The number of hydrogen-bond donors (Lipinski definition) is 3. The molecule has 3 amide bonds. The minimum Gasteiger partial charge on any atom is -0.507 e. The number of rotatable bonds is 15. The number of carbonyl (C=O) groups excluding carboxylic acids is 3. The maximum Gasteiger partial charge on any atom is 0.246 e. The van der Waals surface area contributed by atoms with Gasteiger partial charge in [-0.3, -0.25) is 14.4 Å². The largest absolute Gasteiger partial charge is 0.507 e. The van der Waals surface area contributed by atoms with E-state index in [1.54, 1.807) is 14.7 Å². The molecule has 6 saturated heterocycles. The number of amides is 3. The number of fused-ring (bicyclic) bond motifs is 3. The van der Waals surface area contributed by atoms with Gasteiger partial charge < -0.3 is 74.1 Å². The van der Waals surface area contributed by atoms with Crippen LogP contribution < -0.4 is 29.4 Å². The third-order valence-corrected chi connectivity index (χ3v) is 23.0. The third-order valence-electron chi connectivity index (χ3n) is 22.1. The van der Waals surface area contributed by atoms with Crippen molar-refractivity contribution in [3.63, 3.8) is 0 Å². The van der Waals surface area contributed by atoms with E-state index in [4.69, 9.17) is 49.8 Å². The number of phenolic OH excluding ortho intramolecular Hbond substituents is 3. The molecule has 9 aromatic rings. The van der Waals surface area contributed by atoms with Crippen molar-refractivity contribution in [2.24, 2.45) is 0 Å². The zero-order valence-electron chi connectivity index (χ0n) is 64.4. The number of likely N-dealkylation sites (N-methyl/N-ethyl adjacent to an activating group) is 3. The summed E-state index contributed by atoms with van der Waals surface area (Å²) in [4.78, 5) is 88.2. The third kappa shape index (κ3) is 15.6. The fourth-order valence-electron chi connectivity index (χ4n) is 15.2. The maximum atomic E-state index is 16.2. The maximum absolute atomic E-state index is 16.2. The topological polar surface area (TPSA) is 228 Å². The molecule has 0 radical (unpaired) electrons. The van der Waals surface area contributed by atoms with Gasteiger partial charge in [-0.15, -0.1) is 0 Å². The lowest BCUT2D eigenvalue weighted by Gasteiger charge is -2.44. The molecule has 114 heavy (non-hydrogen) atoms. The Balaban J connectivity index is 0.000000149. The van der Waals surface area contributed by atoms with Crippen LogP contribution in [0.1, 0.15) is 20.8 Å². The van der Waals surface area contributed by atoms with Crippen molar-refractivity contribution in [1.82, 2.24) is 59.3 Å². The van der Waals surface area contributed by atoms with Crippen molar-refractivity contribution in [1.29, 1.82) is 0 Å². The van der Waals surface area contributed by atoms with Crippen LogP contribution in [0.4, 0.5) is 61.6 Å². The lowest BCUT2D eigenvalue weighted by atomic mass is 10.0. The molecule has 600 valence electrons. The smallest absolute Gasteiger partial charge is 0.246 e. The van der Waals surface area contributed by atoms with Gasteiger partial charge in [-0.2, -0.15) is 15.0 Å². The highest BCUT2D eigenvalue weighted by molar-refractivity contribution is 6.36. The number of halogens is 9. The number of hydrogen-bond acceptors (Lipinski definition) is 21. The highest BCUT2D eigenvalue weighted by Gasteiger charge is 2.40. The summed E-state index contributed by atoms with van der Waals surface area (Å²) >= 11 is 19.6. The minimum atomic E-state index is -0.837. The molecule has 6 aliphatic heterocycles. The number of aromatic nitrogens is 6. The molecule has 0 spiro atoms. The molecule has 24 nitrogen and oxygen atoms in total. The number of anilines is 6. The number of nitrogens with zero attached hydrogens (tertiary/aromatic N) is 18. The molecule has 3 atom stereocenters. The Bertz CT molecular complexity index is 4740. The van der Waals surface area contributed by atoms with Gasteiger partial charge in [-0.05, 0) is 136 Å². The van der Waals surface area contributed by atoms with E-state index < -0.39 is 52.2 Å². The first-order valence-electron chi connectivity index (χ1n) is 37.1. The summed E-state index contributed by atoms with van der Waals surface area (Å²) in [5.41, 5.74) is -1.77. The first-order chi connectivity index (χ1) is 54.3. The molecular weight excluding hydrogens is 1540 g/mol. The molecule has 6 aliphatic rings. The van der Waals surface area contributed by atoms with Crippen molar-refractivity contribution in [3.8, 4) is 50.6 Å². The van der Waals surface area contributed by atoms with Crippen LogP contribution in [0.15, 0.2) is 111 Å². The molecular formula is C81H87Cl3F6N18O6. The summed E-state index contributed by atoms with van der Waals surface area (Å²) < 4.78 is 93.0. The summed E-state index contributed by atoms with van der Waals surface area (Å²) in [5, 5.41) is 32.0. The summed E-state index contributed by atoms with van der Waals surface area (Å²) in [6.07, 6.45) is 3.88. The highest BCUT2D eigenvalue weighted by atomic mass is 35.5. The zero-order chi connectivity index (χ0) is 81.9. The first-order valence-corrected chi connectivity index (χ1v) is 38.3. The molecule has 33 heteroatoms. The van der Waals surface area contributed by atoms with Gasteiger partial charge in [0, 0.05) is 167 Å². The van der Waals surface area contributed by atoms with Crippen molar-refractivity contribution < 1.29 is 56.0 Å². The Morgan fingerprint density at radius 3 is 0.851 bits per heavy atom. The number of carbonyl (C=O) groups is 3. The number of phenols is 3. The fourth-order valence-corrected chi connectivity index (χ4v) is 16.1. The Morgan fingerprint density at radius 1 is 0.395 bits per heavy atom. The minimum absolute atomic E-state index is 0.0165. The number of piperazine rings is 3. The Kier molecular flexibility index (Phi) is 23.7. The predicted molar refractivity (Wildman–Crippen MR) is 435 cm³/mol. The van der Waals surface area contributed by atoms with Gasteiger partial charge in [0.25, 0.3) is 0 Å². The normalized spacial score (nSPS) is 18.3. The predicted octanol–water partition coefficient (Wildman–Crippen LogP) is 11.7. The van der Waals surface area contributed by atoms with E-state index in [9.17, 15) is 42.9 Å². The summed E-state index contributed by atoms with van der Waals surface area (Å²) in [5.74, 6) is -4.10. The second-order valence-corrected chi connectivity index (χ2v) is 31.2. The summed E-state index contributed by atoms with van der Waals surface area (Å²) in [7, 11) is 12.0. The van der Waals surface area contributed by atoms with Crippen molar-refractivity contribution in [3.05, 3.63) is 161 Å². The Labute approximate surface area is 670 Å². The standard InChI is InChI=1S/3C27H29ClF2N6O2/c3*1-5-21(38)34-9-10-36(15(2)12-34)26-17-11-18(28)22(23-19(29)7-6-8-20(23)37)24(30)25(17)31-27(32-26)35-13-16(14-35)33(3)4/h3*5-8,11,15-16,37H,1,9-10,12-14H2,2-4H3/t3*15-/m000/s1. The van der Waals surface area contributed by atoms with Gasteiger partial charge in [-0.25, -0.2) is 41.3 Å². The lowest BCUT2D eigenvalue weighted by molar-refractivity contribution is -0.127. The zero-order valence-corrected chi connectivity index (χ0v) is 66.6. The second-order valence-electron chi connectivity index (χ2n) is 29.9. The van der Waals surface area contributed by atoms with E-state index in [2.05, 4.69) is 49.4 Å². The van der Waals surface area contributed by atoms with E-state index in [0.29, 0.717) is 168 Å². The van der Waals surface area contributed by atoms with Crippen LogP contribution in [0.3, 0.4) is 0 Å². The molecule has 0 saturated carbocycles. The fraction of sp³-hybridized carbons (Fsp3) is 0.370. The van der Waals surface area contributed by atoms with Gasteiger partial charge in [0.1, 0.15) is 68.7 Å². The Morgan fingerprint density at radius 2 is 0.640 bits per heavy atom. The molecule has 9 heterocycles. The number of benzene rings is 6. The SMILES string of the molecule is C=CC(=O)N1CCN(c2nc(N3CC(N(C)C)C3)nc3c(F)c(-c4c(O)cccc4F)c(Cl)cc23)[C@@H](C)C1.C=CC(=O)N1CCN(c2nc(N3CC(N(C)C)C3)nc3c(F)c(-c4c(O)cccc4F)c(Cl)cc23)[C@@H](C)C1.C=CC(=O)N1CCN(c2nc(N3CC(N(C)C)C3)nc3c(F)c(-c4c(O)cccc4F)c(Cl)cc23)[C@@H](C)C1. The first kappa shape index (κ1) is 81.5. The van der Waals surface area contributed by atoms with E-state index in [1.807, 2.05) is 92.5 Å². The molecule has 0 unspecified atom stereocenters. The molecule has 6 fully saturated rings. The van der Waals surface area contributed by atoms with Crippen LogP contribution in [0.5, 0.6) is 17.2 Å². The molecule has 3 N–H and O–H groups in total. The van der Waals surface area contributed by atoms with Gasteiger partial charge in [-0.1, -0.05) is 72.7 Å². The van der Waals surface area contributed by atoms with Gasteiger partial charge >= 0.3 is 0 Å². The van der Waals surface area contributed by atoms with E-state index in [0.717, 1.165) is 18.2 Å². The van der Waals surface area contributed by atoms with Crippen molar-refractivity contribution in [2.75, 3.05) is 170 Å². The van der Waals surface area contributed by atoms with Gasteiger partial charge in [0.05, 0.1) is 31.8 Å². The van der Waals surface area contributed by atoms with Crippen molar-refractivity contribution >= 4 is 121 Å². The van der Waals surface area contributed by atoms with Crippen LogP contribution in [0.25, 0.3) is 66.1 Å². The average Bonchev–Trinajstić information content (AvgIpc) is 0.747. The monoisotopic (exact) mass is 1630 g/mol. The van der Waals surface area contributed by atoms with Gasteiger partial charge in [0.2, 0.25) is 35.6 Å². The van der Waals surface area contributed by atoms with Crippen LogP contribution in [0, 0.1) is 34.9 Å². The van der Waals surface area contributed by atoms with Crippen LogP contribution >= 0.6 is 34.8 Å². The van der Waals surface area contributed by atoms with Gasteiger partial charge in [0.15, 0.2) is 17.5 Å². The highest BCUT2D eigenvalue weighted by Crippen LogP contribution is 2.48. The van der Waals surface area contributed by atoms with Crippen molar-refractivity contribution in [2.45, 2.75) is 57.0 Å². The van der Waals surface area contributed by atoms with E-state index in [-0.39, 0.29) is 101 Å². The number of aromatic hydroxyl groups is 3. The van der Waals surface area contributed by atoms with Crippen LogP contribution in [0.2, 0.25) is 15.1 Å². The van der Waals surface area contributed by atoms with Crippen LogP contribution in [-0.2, 0) is 14.4 Å². The van der Waals surface area contributed by atoms with E-state index >= 15 is 13.2 Å². The lowest BCUT2D eigenvalue weighted by Crippen LogP contribution is -2.58.